The molecule has 1 aliphatic rings. The Morgan fingerprint density at radius 1 is 1.15 bits per heavy atom. The molecule has 0 spiro atoms. The lowest BCUT2D eigenvalue weighted by Gasteiger charge is -2.31. The van der Waals surface area contributed by atoms with E-state index in [1.807, 2.05) is 0 Å². The average molecular weight is 374 g/mol. The van der Waals surface area contributed by atoms with Gasteiger partial charge in [0.15, 0.2) is 5.76 Å². The number of amides is 2. The van der Waals surface area contributed by atoms with Crippen LogP contribution in [0.15, 0.2) is 40.8 Å². The van der Waals surface area contributed by atoms with Gasteiger partial charge in [-0.15, -0.1) is 0 Å². The number of hydrogen-bond acceptors (Lipinski definition) is 4. The number of benzene rings is 1. The predicted molar refractivity (Wildman–Crippen MR) is 96.8 cm³/mol. The lowest BCUT2D eigenvalue weighted by atomic mass is 9.95. The summed E-state index contributed by atoms with van der Waals surface area (Å²) in [4.78, 5) is 27.9. The van der Waals surface area contributed by atoms with E-state index in [1.54, 1.807) is 36.0 Å². The molecule has 2 aromatic rings. The van der Waals surface area contributed by atoms with Crippen LogP contribution in [0.5, 0.6) is 5.75 Å². The molecule has 1 fully saturated rings. The molecule has 1 aliphatic heterocycles. The first-order valence-electron chi connectivity index (χ1n) is 8.91. The molecular weight excluding hydrogens is 351 g/mol. The first-order chi connectivity index (χ1) is 12.9. The highest BCUT2D eigenvalue weighted by molar-refractivity contribution is 5.91. The van der Waals surface area contributed by atoms with E-state index < -0.39 is 0 Å². The average Bonchev–Trinajstić information content (AvgIpc) is 3.15. The predicted octanol–water partition coefficient (Wildman–Crippen LogP) is 2.94. The van der Waals surface area contributed by atoms with E-state index in [0.717, 1.165) is 0 Å². The van der Waals surface area contributed by atoms with Crippen molar-refractivity contribution in [2.75, 3.05) is 27.2 Å². The molecule has 0 aliphatic carbocycles. The Kier molecular flexibility index (Phi) is 5.78. The second-order valence-electron chi connectivity index (χ2n) is 6.81. The second kappa shape index (κ2) is 8.24. The second-order valence-corrected chi connectivity index (χ2v) is 6.81. The summed E-state index contributed by atoms with van der Waals surface area (Å²) >= 11 is 0. The zero-order valence-corrected chi connectivity index (χ0v) is 15.5. The minimum absolute atomic E-state index is 0.0275. The van der Waals surface area contributed by atoms with E-state index in [1.165, 1.54) is 24.3 Å². The molecule has 0 radical (unpaired) electrons. The monoisotopic (exact) mass is 374 g/mol. The largest absolute Gasteiger partial charge is 0.486 e. The van der Waals surface area contributed by atoms with Crippen LogP contribution in [-0.4, -0.2) is 48.8 Å². The van der Waals surface area contributed by atoms with Crippen LogP contribution in [0.4, 0.5) is 4.39 Å². The highest BCUT2D eigenvalue weighted by Crippen LogP contribution is 2.22. The fourth-order valence-electron chi connectivity index (χ4n) is 3.11. The molecule has 0 atom stereocenters. The van der Waals surface area contributed by atoms with Crippen molar-refractivity contribution in [2.45, 2.75) is 19.4 Å². The van der Waals surface area contributed by atoms with Gasteiger partial charge in [0.1, 0.15) is 23.9 Å². The maximum Gasteiger partial charge on any atom is 0.289 e. The molecule has 0 bridgehead atoms. The van der Waals surface area contributed by atoms with Crippen LogP contribution in [0.2, 0.25) is 0 Å². The quantitative estimate of drug-likeness (QED) is 0.807. The molecule has 0 unspecified atom stereocenters. The molecule has 0 N–H and O–H groups in total. The van der Waals surface area contributed by atoms with Gasteiger partial charge in [0.05, 0.1) is 0 Å². The molecule has 1 aromatic heterocycles. The molecular formula is C20H23FN2O4. The molecule has 1 saturated heterocycles. The van der Waals surface area contributed by atoms with Crippen LogP contribution in [-0.2, 0) is 11.4 Å². The SMILES string of the molecule is CN(C)C(=O)C1CCN(C(=O)c2ccc(COc3ccc(F)cc3)o2)CC1. The fraction of sp³-hybridized carbons (Fsp3) is 0.400. The summed E-state index contributed by atoms with van der Waals surface area (Å²) in [6, 6.07) is 9.02. The highest BCUT2D eigenvalue weighted by atomic mass is 19.1. The van der Waals surface area contributed by atoms with Crippen LogP contribution in [0.3, 0.4) is 0 Å². The lowest BCUT2D eigenvalue weighted by Crippen LogP contribution is -2.42. The number of carbonyl (C=O) groups excluding carboxylic acids is 2. The molecule has 27 heavy (non-hydrogen) atoms. The molecule has 3 rings (SSSR count). The van der Waals surface area contributed by atoms with Gasteiger partial charge in [-0.05, 0) is 49.2 Å². The van der Waals surface area contributed by atoms with Crippen LogP contribution in [0.25, 0.3) is 0 Å². The summed E-state index contributed by atoms with van der Waals surface area (Å²) in [5, 5.41) is 0. The highest BCUT2D eigenvalue weighted by Gasteiger charge is 2.29. The Balaban J connectivity index is 1.53. The van der Waals surface area contributed by atoms with Crippen molar-refractivity contribution in [1.29, 1.82) is 0 Å². The van der Waals surface area contributed by atoms with Gasteiger partial charge in [-0.25, -0.2) is 4.39 Å². The first kappa shape index (κ1) is 18.9. The summed E-state index contributed by atoms with van der Waals surface area (Å²) in [5.74, 6) is 0.863. The van der Waals surface area contributed by atoms with Crippen molar-refractivity contribution in [1.82, 2.24) is 9.80 Å². The topological polar surface area (TPSA) is 63.0 Å². The number of furan rings is 1. The summed E-state index contributed by atoms with van der Waals surface area (Å²) in [6.45, 7) is 1.22. The zero-order valence-electron chi connectivity index (χ0n) is 15.5. The molecule has 0 saturated carbocycles. The Bertz CT molecular complexity index is 793. The Morgan fingerprint density at radius 3 is 2.44 bits per heavy atom. The minimum Gasteiger partial charge on any atom is -0.486 e. The molecule has 2 heterocycles. The Labute approximate surface area is 157 Å². The summed E-state index contributed by atoms with van der Waals surface area (Å²) in [5.41, 5.74) is 0. The first-order valence-corrected chi connectivity index (χ1v) is 8.91. The normalized spacial score (nSPS) is 14.9. The molecule has 144 valence electrons. The minimum atomic E-state index is -0.329. The van der Waals surface area contributed by atoms with Crippen molar-refractivity contribution in [3.05, 3.63) is 53.7 Å². The van der Waals surface area contributed by atoms with E-state index in [2.05, 4.69) is 0 Å². The van der Waals surface area contributed by atoms with E-state index in [9.17, 15) is 14.0 Å². The van der Waals surface area contributed by atoms with Gasteiger partial charge < -0.3 is 19.0 Å². The van der Waals surface area contributed by atoms with Gasteiger partial charge in [0, 0.05) is 33.1 Å². The Morgan fingerprint density at radius 2 is 1.81 bits per heavy atom. The van der Waals surface area contributed by atoms with Crippen molar-refractivity contribution < 1.29 is 23.1 Å². The van der Waals surface area contributed by atoms with Crippen molar-refractivity contribution in [2.24, 2.45) is 5.92 Å². The molecule has 1 aromatic carbocycles. The van der Waals surface area contributed by atoms with Crippen LogP contribution >= 0.6 is 0 Å². The number of carbonyl (C=O) groups is 2. The van der Waals surface area contributed by atoms with Crippen LogP contribution in [0, 0.1) is 11.7 Å². The maximum absolute atomic E-state index is 12.9. The number of halogens is 1. The van der Waals surface area contributed by atoms with Gasteiger partial charge in [-0.3, -0.25) is 9.59 Å². The Hall–Kier alpha value is -2.83. The summed E-state index contributed by atoms with van der Waals surface area (Å²) in [6.07, 6.45) is 1.31. The molecule has 6 nitrogen and oxygen atoms in total. The number of nitrogens with zero attached hydrogens (tertiary/aromatic N) is 2. The van der Waals surface area contributed by atoms with Gasteiger partial charge >= 0.3 is 0 Å². The van der Waals surface area contributed by atoms with Crippen molar-refractivity contribution in [3.63, 3.8) is 0 Å². The maximum atomic E-state index is 12.9. The summed E-state index contributed by atoms with van der Waals surface area (Å²) in [7, 11) is 3.50. The van der Waals surface area contributed by atoms with E-state index >= 15 is 0 Å². The molecule has 7 heteroatoms. The summed E-state index contributed by atoms with van der Waals surface area (Å²) < 4.78 is 24.0. The fourth-order valence-corrected chi connectivity index (χ4v) is 3.11. The third kappa shape index (κ3) is 4.67. The van der Waals surface area contributed by atoms with E-state index in [4.69, 9.17) is 9.15 Å². The van der Waals surface area contributed by atoms with Crippen LogP contribution < -0.4 is 4.74 Å². The number of hydrogen-bond donors (Lipinski definition) is 0. The lowest BCUT2D eigenvalue weighted by molar-refractivity contribution is -0.134. The van der Waals surface area contributed by atoms with Gasteiger partial charge in [0.2, 0.25) is 5.91 Å². The number of rotatable bonds is 5. The molecule has 2 amide bonds. The van der Waals surface area contributed by atoms with Gasteiger partial charge in [0.25, 0.3) is 5.91 Å². The smallest absolute Gasteiger partial charge is 0.289 e. The standard InChI is InChI=1S/C20H23FN2O4/c1-22(2)19(24)14-9-11-23(12-10-14)20(25)18-8-7-17(27-18)13-26-16-5-3-15(21)4-6-16/h3-8,14H,9-13H2,1-2H3. The number of ether oxygens (including phenoxy) is 1. The third-order valence-corrected chi connectivity index (χ3v) is 4.64. The van der Waals surface area contributed by atoms with Gasteiger partial charge in [-0.1, -0.05) is 0 Å². The van der Waals surface area contributed by atoms with E-state index in [0.29, 0.717) is 37.4 Å². The number of likely N-dealkylation sites (tertiary alicyclic amines) is 1. The van der Waals surface area contributed by atoms with Crippen molar-refractivity contribution in [3.8, 4) is 5.75 Å². The zero-order chi connectivity index (χ0) is 19.4. The third-order valence-electron chi connectivity index (χ3n) is 4.64. The van der Waals surface area contributed by atoms with Crippen molar-refractivity contribution >= 4 is 11.8 Å². The number of piperidine rings is 1. The van der Waals surface area contributed by atoms with E-state index in [-0.39, 0.29) is 35.9 Å². The van der Waals surface area contributed by atoms with Crippen LogP contribution in [0.1, 0.15) is 29.2 Å². The van der Waals surface area contributed by atoms with Gasteiger partial charge in [-0.2, -0.15) is 0 Å².